The van der Waals surface area contributed by atoms with E-state index in [1.165, 1.54) is 55.0 Å². The van der Waals surface area contributed by atoms with Crippen LogP contribution in [0, 0.1) is 6.92 Å². The molecule has 0 N–H and O–H groups in total. The second-order valence-corrected chi connectivity index (χ2v) is 7.87. The Morgan fingerprint density at radius 3 is 1.97 bits per heavy atom. The summed E-state index contributed by atoms with van der Waals surface area (Å²) in [5.41, 5.74) is 7.55. The zero-order valence-corrected chi connectivity index (χ0v) is 16.8. The molecular formula is C29H21N. The summed E-state index contributed by atoms with van der Waals surface area (Å²) in [5, 5.41) is 5.19. The maximum atomic E-state index is 2.41. The topological polar surface area (TPSA) is 4.93 Å². The van der Waals surface area contributed by atoms with Crippen molar-refractivity contribution in [1.82, 2.24) is 4.57 Å². The van der Waals surface area contributed by atoms with E-state index >= 15 is 0 Å². The lowest BCUT2D eigenvalue weighted by Gasteiger charge is -2.14. The molecule has 0 saturated heterocycles. The van der Waals surface area contributed by atoms with Gasteiger partial charge in [-0.1, -0.05) is 91.0 Å². The predicted octanol–water partition coefficient (Wildman–Crippen LogP) is 7.91. The Bertz CT molecular complexity index is 1540. The summed E-state index contributed by atoms with van der Waals surface area (Å²) in [6.45, 7) is 2.19. The van der Waals surface area contributed by atoms with Crippen molar-refractivity contribution in [1.29, 1.82) is 0 Å². The van der Waals surface area contributed by atoms with Gasteiger partial charge in [-0.15, -0.1) is 0 Å². The molecule has 1 heteroatoms. The fourth-order valence-corrected chi connectivity index (χ4v) is 4.77. The van der Waals surface area contributed by atoms with Gasteiger partial charge < -0.3 is 4.57 Å². The highest BCUT2D eigenvalue weighted by atomic mass is 15.0. The molecule has 0 aliphatic carbocycles. The average molecular weight is 383 g/mol. The molecule has 30 heavy (non-hydrogen) atoms. The molecule has 0 radical (unpaired) electrons. The third-order valence-electron chi connectivity index (χ3n) is 6.14. The van der Waals surface area contributed by atoms with E-state index in [1.54, 1.807) is 0 Å². The van der Waals surface area contributed by atoms with Crippen LogP contribution in [0.3, 0.4) is 0 Å². The molecule has 5 aromatic carbocycles. The van der Waals surface area contributed by atoms with Crippen molar-refractivity contribution in [2.75, 3.05) is 0 Å². The van der Waals surface area contributed by atoms with Gasteiger partial charge in [0, 0.05) is 22.0 Å². The summed E-state index contributed by atoms with van der Waals surface area (Å²) in [7, 11) is 0. The number of hydrogen-bond donors (Lipinski definition) is 0. The van der Waals surface area contributed by atoms with Crippen molar-refractivity contribution in [3.63, 3.8) is 0 Å². The van der Waals surface area contributed by atoms with E-state index in [-0.39, 0.29) is 0 Å². The van der Waals surface area contributed by atoms with E-state index in [1.807, 2.05) is 0 Å². The highest BCUT2D eigenvalue weighted by Gasteiger charge is 2.17. The number of hydrogen-bond acceptors (Lipinski definition) is 0. The van der Waals surface area contributed by atoms with Crippen LogP contribution in [0.5, 0.6) is 0 Å². The molecule has 142 valence electrons. The fraction of sp³-hybridized carbons (Fsp3) is 0.0345. The Morgan fingerprint density at radius 2 is 1.13 bits per heavy atom. The summed E-state index contributed by atoms with van der Waals surface area (Å²) < 4.78 is 2.41. The minimum atomic E-state index is 1.19. The average Bonchev–Trinajstić information content (AvgIpc) is 3.15. The molecule has 0 atom stereocenters. The lowest BCUT2D eigenvalue weighted by atomic mass is 9.94. The van der Waals surface area contributed by atoms with E-state index < -0.39 is 0 Å². The second-order valence-electron chi connectivity index (χ2n) is 7.87. The van der Waals surface area contributed by atoms with Crippen LogP contribution in [0.15, 0.2) is 109 Å². The number of fused-ring (bicyclic) bond motifs is 4. The van der Waals surface area contributed by atoms with Gasteiger partial charge in [0.05, 0.1) is 11.0 Å². The van der Waals surface area contributed by atoms with Gasteiger partial charge in [-0.3, -0.25) is 0 Å². The molecule has 0 fully saturated rings. The van der Waals surface area contributed by atoms with Gasteiger partial charge in [-0.05, 0) is 47.0 Å². The molecule has 0 bridgehead atoms. The summed E-state index contributed by atoms with van der Waals surface area (Å²) in [6, 6.07) is 39.3. The van der Waals surface area contributed by atoms with Gasteiger partial charge in [0.2, 0.25) is 0 Å². The smallest absolute Gasteiger partial charge is 0.0619 e. The Morgan fingerprint density at radius 1 is 0.467 bits per heavy atom. The third-order valence-corrected chi connectivity index (χ3v) is 6.14. The molecule has 6 aromatic rings. The minimum Gasteiger partial charge on any atom is -0.309 e. The van der Waals surface area contributed by atoms with Crippen molar-refractivity contribution in [2.45, 2.75) is 6.92 Å². The maximum absolute atomic E-state index is 2.41. The van der Waals surface area contributed by atoms with Crippen molar-refractivity contribution in [2.24, 2.45) is 0 Å². The summed E-state index contributed by atoms with van der Waals surface area (Å²) in [5.74, 6) is 0. The van der Waals surface area contributed by atoms with E-state index in [4.69, 9.17) is 0 Å². The molecule has 1 nitrogen and oxygen atoms in total. The Hall–Kier alpha value is -3.84. The van der Waals surface area contributed by atoms with Gasteiger partial charge in [-0.2, -0.15) is 0 Å². The molecule has 0 unspecified atom stereocenters. The Labute approximate surface area is 175 Å². The Kier molecular flexibility index (Phi) is 3.75. The number of benzene rings is 5. The third kappa shape index (κ3) is 2.42. The van der Waals surface area contributed by atoms with Crippen LogP contribution in [0.4, 0.5) is 0 Å². The first-order chi connectivity index (χ1) is 14.8. The molecule has 6 rings (SSSR count). The maximum Gasteiger partial charge on any atom is 0.0619 e. The van der Waals surface area contributed by atoms with Crippen molar-refractivity contribution >= 4 is 32.6 Å². The molecular weight excluding hydrogens is 362 g/mol. The minimum absolute atomic E-state index is 1.19. The number of aromatic nitrogens is 1. The molecule has 0 aliphatic rings. The van der Waals surface area contributed by atoms with Crippen molar-refractivity contribution in [3.8, 4) is 16.8 Å². The molecule has 0 saturated carbocycles. The Balaban J connectivity index is 1.82. The standard InChI is InChI=1S/C29H21N/c1-20-18-19-24(23-13-6-5-12-22(20)23)26-15-9-16-27-25-14-7-8-17-28(25)30(29(26)27)21-10-3-2-4-11-21/h2-19H,1H3. The van der Waals surface area contributed by atoms with Crippen LogP contribution in [0.2, 0.25) is 0 Å². The van der Waals surface area contributed by atoms with Crippen molar-refractivity contribution < 1.29 is 0 Å². The summed E-state index contributed by atoms with van der Waals surface area (Å²) in [6.07, 6.45) is 0. The van der Waals surface area contributed by atoms with E-state index in [9.17, 15) is 0 Å². The largest absolute Gasteiger partial charge is 0.309 e. The zero-order chi connectivity index (χ0) is 20.1. The molecule has 1 heterocycles. The van der Waals surface area contributed by atoms with Crippen LogP contribution >= 0.6 is 0 Å². The first kappa shape index (κ1) is 17.1. The molecule has 0 aliphatic heterocycles. The normalized spacial score (nSPS) is 11.5. The van der Waals surface area contributed by atoms with Gasteiger partial charge >= 0.3 is 0 Å². The first-order valence-electron chi connectivity index (χ1n) is 10.4. The van der Waals surface area contributed by atoms with Crippen LogP contribution in [-0.2, 0) is 0 Å². The van der Waals surface area contributed by atoms with E-state index in [0.717, 1.165) is 0 Å². The van der Waals surface area contributed by atoms with E-state index in [0.29, 0.717) is 0 Å². The number of nitrogens with zero attached hydrogens (tertiary/aromatic N) is 1. The van der Waals surface area contributed by atoms with Crippen LogP contribution in [0.1, 0.15) is 5.56 Å². The second kappa shape index (κ2) is 6.60. The quantitative estimate of drug-likeness (QED) is 0.286. The lowest BCUT2D eigenvalue weighted by molar-refractivity contribution is 1.18. The first-order valence-corrected chi connectivity index (χ1v) is 10.4. The lowest BCUT2D eigenvalue weighted by Crippen LogP contribution is -1.95. The summed E-state index contributed by atoms with van der Waals surface area (Å²) >= 11 is 0. The van der Waals surface area contributed by atoms with Gasteiger partial charge in [0.1, 0.15) is 0 Å². The van der Waals surface area contributed by atoms with E-state index in [2.05, 4.69) is 121 Å². The van der Waals surface area contributed by atoms with Crippen LogP contribution in [0.25, 0.3) is 49.4 Å². The fourth-order valence-electron chi connectivity index (χ4n) is 4.77. The van der Waals surface area contributed by atoms with Crippen LogP contribution < -0.4 is 0 Å². The van der Waals surface area contributed by atoms with Crippen molar-refractivity contribution in [3.05, 3.63) is 115 Å². The van der Waals surface area contributed by atoms with Crippen LogP contribution in [-0.4, -0.2) is 4.57 Å². The van der Waals surface area contributed by atoms with Gasteiger partial charge in [-0.25, -0.2) is 0 Å². The summed E-state index contributed by atoms with van der Waals surface area (Å²) in [4.78, 5) is 0. The monoisotopic (exact) mass is 383 g/mol. The predicted molar refractivity (Wildman–Crippen MR) is 128 cm³/mol. The highest BCUT2D eigenvalue weighted by molar-refractivity contribution is 6.15. The van der Waals surface area contributed by atoms with Gasteiger partial charge in [0.15, 0.2) is 0 Å². The zero-order valence-electron chi connectivity index (χ0n) is 16.8. The highest BCUT2D eigenvalue weighted by Crippen LogP contribution is 2.40. The van der Waals surface area contributed by atoms with Gasteiger partial charge in [0.25, 0.3) is 0 Å². The number of para-hydroxylation sites is 3. The molecule has 0 amide bonds. The molecule has 0 spiro atoms. The SMILES string of the molecule is Cc1ccc(-c2cccc3c4ccccc4n(-c4ccccc4)c23)c2ccccc12. The number of rotatable bonds is 2. The number of aryl methyl sites for hydroxylation is 1. The molecule has 1 aromatic heterocycles.